The zero-order valence-electron chi connectivity index (χ0n) is 7.84. The van der Waals surface area contributed by atoms with Crippen LogP contribution in [-0.4, -0.2) is 44.9 Å². The minimum atomic E-state index is -0.668. The van der Waals surface area contributed by atoms with Crippen molar-refractivity contribution < 1.29 is 14.3 Å². The third-order valence-corrected chi connectivity index (χ3v) is 2.26. The van der Waals surface area contributed by atoms with Gasteiger partial charge >= 0.3 is 0 Å². The lowest BCUT2D eigenvalue weighted by Gasteiger charge is -2.24. The molecule has 1 fully saturated rings. The van der Waals surface area contributed by atoms with Crippen LogP contribution in [0.3, 0.4) is 0 Å². The second-order valence-electron chi connectivity index (χ2n) is 3.17. The van der Waals surface area contributed by atoms with E-state index >= 15 is 0 Å². The summed E-state index contributed by atoms with van der Waals surface area (Å²) < 4.78 is 10.0. The Morgan fingerprint density at radius 2 is 2.54 bits per heavy atom. The maximum Gasteiger partial charge on any atom is 0.240 e. The van der Waals surface area contributed by atoms with Gasteiger partial charge < -0.3 is 15.2 Å². The van der Waals surface area contributed by atoms with E-state index in [1.165, 1.54) is 0 Å². The van der Waals surface area contributed by atoms with Gasteiger partial charge in [0.25, 0.3) is 0 Å². The van der Waals surface area contributed by atoms with Gasteiger partial charge in [-0.05, 0) is 0 Å². The molecule has 1 atom stereocenters. The number of hydrogen-bond acceptors (Lipinski definition) is 4. The molecule has 5 nitrogen and oxygen atoms in total. The van der Waals surface area contributed by atoms with E-state index in [0.717, 1.165) is 0 Å². The summed E-state index contributed by atoms with van der Waals surface area (Å²) in [6, 6.07) is 0. The van der Waals surface area contributed by atoms with Crippen molar-refractivity contribution in [2.75, 3.05) is 33.5 Å². The number of methoxy groups -OCH3 is 1. The Hall–Kier alpha value is -0.650. The summed E-state index contributed by atoms with van der Waals surface area (Å²) in [5.41, 5.74) is 4.62. The maximum absolute atomic E-state index is 11.2. The number of nitrogens with two attached hydrogens (primary N) is 1. The quantitative estimate of drug-likeness (QED) is 0.535. The van der Waals surface area contributed by atoms with Crippen LogP contribution in [0.5, 0.6) is 0 Å². The fraction of sp³-hybridized carbons (Fsp3) is 0.875. The Bertz CT molecular complexity index is 178. The summed E-state index contributed by atoms with van der Waals surface area (Å²) in [4.78, 5) is 11.2. The molecule has 0 saturated carbocycles. The third-order valence-electron chi connectivity index (χ3n) is 2.26. The van der Waals surface area contributed by atoms with Crippen LogP contribution in [-0.2, 0) is 14.3 Å². The van der Waals surface area contributed by atoms with E-state index in [-0.39, 0.29) is 5.91 Å². The normalized spacial score (nSPS) is 27.8. The number of hydrogen-bond donors (Lipinski definition) is 2. The molecule has 1 amide bonds. The summed E-state index contributed by atoms with van der Waals surface area (Å²) in [6.45, 7) is 2.13. The molecule has 76 valence electrons. The van der Waals surface area contributed by atoms with Crippen LogP contribution >= 0.6 is 0 Å². The van der Waals surface area contributed by atoms with Gasteiger partial charge in [0, 0.05) is 26.7 Å². The zero-order valence-corrected chi connectivity index (χ0v) is 7.84. The molecule has 1 aliphatic rings. The summed E-state index contributed by atoms with van der Waals surface area (Å²) in [5, 5.41) is 3.07. The van der Waals surface area contributed by atoms with E-state index in [9.17, 15) is 4.79 Å². The highest BCUT2D eigenvalue weighted by atomic mass is 16.5. The Morgan fingerprint density at radius 1 is 1.77 bits per heavy atom. The van der Waals surface area contributed by atoms with Crippen LogP contribution in [0.1, 0.15) is 6.42 Å². The second-order valence-corrected chi connectivity index (χ2v) is 3.17. The first kappa shape index (κ1) is 10.4. The van der Waals surface area contributed by atoms with Gasteiger partial charge in [0.05, 0.1) is 13.2 Å². The van der Waals surface area contributed by atoms with Crippen molar-refractivity contribution in [3.8, 4) is 0 Å². The highest BCUT2D eigenvalue weighted by Gasteiger charge is 2.39. The van der Waals surface area contributed by atoms with Gasteiger partial charge in [-0.2, -0.15) is 0 Å². The third kappa shape index (κ3) is 2.40. The van der Waals surface area contributed by atoms with Crippen molar-refractivity contribution >= 4 is 5.91 Å². The molecule has 0 aromatic carbocycles. The van der Waals surface area contributed by atoms with Crippen LogP contribution in [0.25, 0.3) is 0 Å². The van der Waals surface area contributed by atoms with E-state index in [1.807, 2.05) is 0 Å². The molecule has 1 rings (SSSR count). The molecule has 1 aliphatic heterocycles. The van der Waals surface area contributed by atoms with Crippen LogP contribution in [0.15, 0.2) is 0 Å². The average Bonchev–Trinajstić information content (AvgIpc) is 2.55. The number of rotatable bonds is 5. The first-order chi connectivity index (χ1) is 6.21. The zero-order chi connectivity index (χ0) is 9.73. The lowest BCUT2D eigenvalue weighted by atomic mass is 9.98. The lowest BCUT2D eigenvalue weighted by molar-refractivity contribution is -0.124. The van der Waals surface area contributed by atoms with Crippen LogP contribution in [0.4, 0.5) is 0 Å². The van der Waals surface area contributed by atoms with Crippen LogP contribution in [0, 0.1) is 0 Å². The Kier molecular flexibility index (Phi) is 3.65. The first-order valence-electron chi connectivity index (χ1n) is 4.33. The standard InChI is InChI=1S/C8H16N2O3/c1-12-5-3-10-8(7(9)11)2-4-13-6-8/h10H,2-6H2,1H3,(H2,9,11). The molecule has 1 unspecified atom stereocenters. The minimum Gasteiger partial charge on any atom is -0.383 e. The highest BCUT2D eigenvalue weighted by molar-refractivity contribution is 5.85. The predicted octanol–water partition coefficient (Wildman–Crippen LogP) is -1.13. The predicted molar refractivity (Wildman–Crippen MR) is 47.2 cm³/mol. The van der Waals surface area contributed by atoms with Crippen LogP contribution in [0.2, 0.25) is 0 Å². The molecule has 0 aromatic heterocycles. The largest absolute Gasteiger partial charge is 0.383 e. The number of carbonyl (C=O) groups excluding carboxylic acids is 1. The van der Waals surface area contributed by atoms with E-state index in [2.05, 4.69) is 5.32 Å². The Balaban J connectivity index is 2.43. The number of primary amides is 1. The number of amides is 1. The smallest absolute Gasteiger partial charge is 0.240 e. The molecular weight excluding hydrogens is 172 g/mol. The van der Waals surface area contributed by atoms with Crippen molar-refractivity contribution in [2.45, 2.75) is 12.0 Å². The van der Waals surface area contributed by atoms with Crippen molar-refractivity contribution in [2.24, 2.45) is 5.73 Å². The van der Waals surface area contributed by atoms with Crippen LogP contribution < -0.4 is 11.1 Å². The molecule has 1 saturated heterocycles. The minimum absolute atomic E-state index is 0.346. The molecular formula is C8H16N2O3. The monoisotopic (exact) mass is 188 g/mol. The van der Waals surface area contributed by atoms with Gasteiger partial charge in [0.15, 0.2) is 0 Å². The molecule has 0 aliphatic carbocycles. The van der Waals surface area contributed by atoms with E-state index in [0.29, 0.717) is 32.8 Å². The molecule has 0 spiro atoms. The summed E-state index contributed by atoms with van der Waals surface area (Å²) in [7, 11) is 1.61. The first-order valence-corrected chi connectivity index (χ1v) is 4.33. The van der Waals surface area contributed by atoms with Gasteiger partial charge in [-0.1, -0.05) is 0 Å². The lowest BCUT2D eigenvalue weighted by Crippen LogP contribution is -2.56. The van der Waals surface area contributed by atoms with Gasteiger partial charge in [0.1, 0.15) is 5.54 Å². The fourth-order valence-corrected chi connectivity index (χ4v) is 1.38. The number of nitrogens with one attached hydrogen (secondary N) is 1. The van der Waals surface area contributed by atoms with Crippen molar-refractivity contribution in [1.82, 2.24) is 5.32 Å². The number of carbonyl (C=O) groups is 1. The van der Waals surface area contributed by atoms with Crippen molar-refractivity contribution in [1.29, 1.82) is 0 Å². The highest BCUT2D eigenvalue weighted by Crippen LogP contribution is 2.17. The van der Waals surface area contributed by atoms with Gasteiger partial charge in [0.2, 0.25) is 5.91 Å². The van der Waals surface area contributed by atoms with E-state index in [1.54, 1.807) is 7.11 Å². The Labute approximate surface area is 77.6 Å². The summed E-state index contributed by atoms with van der Waals surface area (Å²) >= 11 is 0. The van der Waals surface area contributed by atoms with Crippen molar-refractivity contribution in [3.63, 3.8) is 0 Å². The van der Waals surface area contributed by atoms with Gasteiger partial charge in [-0.15, -0.1) is 0 Å². The molecule has 0 radical (unpaired) electrons. The van der Waals surface area contributed by atoms with Gasteiger partial charge in [-0.25, -0.2) is 0 Å². The molecule has 1 heterocycles. The van der Waals surface area contributed by atoms with Crippen molar-refractivity contribution in [3.05, 3.63) is 0 Å². The average molecular weight is 188 g/mol. The number of ether oxygens (including phenoxy) is 2. The summed E-state index contributed by atoms with van der Waals surface area (Å²) in [5.74, 6) is -0.346. The molecule has 0 bridgehead atoms. The fourth-order valence-electron chi connectivity index (χ4n) is 1.38. The van der Waals surface area contributed by atoms with E-state index in [4.69, 9.17) is 15.2 Å². The molecule has 0 aromatic rings. The molecule has 5 heteroatoms. The maximum atomic E-state index is 11.2. The molecule has 3 N–H and O–H groups in total. The Morgan fingerprint density at radius 3 is 3.00 bits per heavy atom. The summed E-state index contributed by atoms with van der Waals surface area (Å²) in [6.07, 6.45) is 0.645. The van der Waals surface area contributed by atoms with Gasteiger partial charge in [-0.3, -0.25) is 10.1 Å². The topological polar surface area (TPSA) is 73.6 Å². The molecule has 13 heavy (non-hydrogen) atoms. The van der Waals surface area contributed by atoms with E-state index < -0.39 is 5.54 Å². The second kappa shape index (κ2) is 4.55. The SMILES string of the molecule is COCCNC1(C(N)=O)CCOC1.